The van der Waals surface area contributed by atoms with E-state index in [4.69, 9.17) is 4.84 Å². The molecule has 1 aromatic heterocycles. The van der Waals surface area contributed by atoms with Crippen LogP contribution in [0.25, 0.3) is 0 Å². The SMILES string of the molecule is CON=Cc1ccc(S(=O)(=O)N(CC(C)C)C[C@@H](O)[C@H](Cc2ccccc2)NC(=O)CC(C)(C)N2CCN(Cc3csc(C)n3)C2=O)cc1. The highest BCUT2D eigenvalue weighted by atomic mass is 32.2. The van der Waals surface area contributed by atoms with Crippen LogP contribution in [0.15, 0.2) is 70.0 Å². The summed E-state index contributed by atoms with van der Waals surface area (Å²) in [5.41, 5.74) is 1.57. The number of oxime groups is 1. The van der Waals surface area contributed by atoms with Gasteiger partial charge in [-0.3, -0.25) is 4.79 Å². The molecule has 4 rings (SSSR count). The second kappa shape index (κ2) is 16.7. The van der Waals surface area contributed by atoms with Crippen molar-refractivity contribution in [2.75, 3.05) is 33.3 Å². The molecule has 1 aliphatic rings. The van der Waals surface area contributed by atoms with Crippen LogP contribution in [0.5, 0.6) is 0 Å². The van der Waals surface area contributed by atoms with Gasteiger partial charge < -0.3 is 25.1 Å². The van der Waals surface area contributed by atoms with Gasteiger partial charge in [0.2, 0.25) is 15.9 Å². The normalized spacial score (nSPS) is 15.4. The lowest BCUT2D eigenvalue weighted by molar-refractivity contribution is -0.124. The number of urea groups is 1. The van der Waals surface area contributed by atoms with Crippen molar-refractivity contribution >= 4 is 39.5 Å². The van der Waals surface area contributed by atoms with Gasteiger partial charge in [-0.15, -0.1) is 11.3 Å². The number of thiazole rings is 1. The highest BCUT2D eigenvalue weighted by Gasteiger charge is 2.40. The minimum Gasteiger partial charge on any atom is -0.399 e. The molecule has 0 spiro atoms. The Hall–Kier alpha value is -3.85. The van der Waals surface area contributed by atoms with Gasteiger partial charge in [0, 0.05) is 43.5 Å². The maximum absolute atomic E-state index is 13.9. The van der Waals surface area contributed by atoms with Gasteiger partial charge in [-0.05, 0) is 56.4 Å². The molecule has 2 N–H and O–H groups in total. The maximum Gasteiger partial charge on any atom is 0.320 e. The molecule has 3 aromatic rings. The Morgan fingerprint density at radius 1 is 1.14 bits per heavy atom. The predicted molar refractivity (Wildman–Crippen MR) is 191 cm³/mol. The number of rotatable bonds is 17. The number of benzene rings is 2. The zero-order valence-electron chi connectivity index (χ0n) is 29.1. The molecule has 0 radical (unpaired) electrons. The van der Waals surface area contributed by atoms with Crippen molar-refractivity contribution < 1.29 is 28.0 Å². The van der Waals surface area contributed by atoms with Crippen LogP contribution in [0.2, 0.25) is 0 Å². The van der Waals surface area contributed by atoms with E-state index in [-0.39, 0.29) is 48.7 Å². The van der Waals surface area contributed by atoms with Crippen LogP contribution in [-0.2, 0) is 32.6 Å². The molecule has 14 heteroatoms. The number of hydrogen-bond donors (Lipinski definition) is 2. The summed E-state index contributed by atoms with van der Waals surface area (Å²) in [6, 6.07) is 14.7. The van der Waals surface area contributed by atoms with Crippen molar-refractivity contribution in [3.05, 3.63) is 81.8 Å². The smallest absolute Gasteiger partial charge is 0.320 e. The zero-order chi connectivity index (χ0) is 35.8. The lowest BCUT2D eigenvalue weighted by Gasteiger charge is -2.36. The average Bonchev–Trinajstić information content (AvgIpc) is 3.64. The zero-order valence-corrected chi connectivity index (χ0v) is 30.7. The third kappa shape index (κ3) is 10.3. The molecule has 2 aromatic carbocycles. The molecule has 1 fully saturated rings. The van der Waals surface area contributed by atoms with Gasteiger partial charge in [0.15, 0.2) is 0 Å². The number of aliphatic hydroxyl groups excluding tert-OH is 1. The molecule has 2 atom stereocenters. The van der Waals surface area contributed by atoms with Crippen molar-refractivity contribution in [3.63, 3.8) is 0 Å². The topological polar surface area (TPSA) is 145 Å². The fourth-order valence-corrected chi connectivity index (χ4v) is 8.09. The number of amides is 3. The van der Waals surface area contributed by atoms with Crippen LogP contribution >= 0.6 is 11.3 Å². The molecule has 3 amide bonds. The van der Waals surface area contributed by atoms with Crippen LogP contribution in [0.1, 0.15) is 55.9 Å². The van der Waals surface area contributed by atoms with Crippen molar-refractivity contribution in [1.29, 1.82) is 0 Å². The van der Waals surface area contributed by atoms with Crippen LogP contribution in [0.4, 0.5) is 4.79 Å². The third-order valence-electron chi connectivity index (χ3n) is 8.33. The van der Waals surface area contributed by atoms with E-state index < -0.39 is 27.7 Å². The molecule has 1 aliphatic heterocycles. The number of sulfonamides is 1. The van der Waals surface area contributed by atoms with E-state index in [2.05, 4.69) is 15.5 Å². The molecule has 0 saturated carbocycles. The lowest BCUT2D eigenvalue weighted by atomic mass is 9.96. The summed E-state index contributed by atoms with van der Waals surface area (Å²) in [5.74, 6) is -0.381. The Morgan fingerprint density at radius 2 is 1.84 bits per heavy atom. The second-order valence-electron chi connectivity index (χ2n) is 13.3. The van der Waals surface area contributed by atoms with Crippen LogP contribution in [0, 0.1) is 12.8 Å². The summed E-state index contributed by atoms with van der Waals surface area (Å²) in [7, 11) is -2.58. The number of nitrogens with zero attached hydrogens (tertiary/aromatic N) is 5. The largest absolute Gasteiger partial charge is 0.399 e. The van der Waals surface area contributed by atoms with Gasteiger partial charge in [0.05, 0.1) is 40.5 Å². The summed E-state index contributed by atoms with van der Waals surface area (Å²) in [6.07, 6.45) is 0.510. The van der Waals surface area contributed by atoms with E-state index >= 15 is 0 Å². The third-order valence-corrected chi connectivity index (χ3v) is 11.0. The first-order valence-electron chi connectivity index (χ1n) is 16.3. The van der Waals surface area contributed by atoms with Gasteiger partial charge in [0.1, 0.15) is 7.11 Å². The minimum absolute atomic E-state index is 0.00682. The van der Waals surface area contributed by atoms with E-state index in [1.165, 1.54) is 29.8 Å². The quantitative estimate of drug-likeness (QED) is 0.157. The number of aliphatic hydroxyl groups is 1. The van der Waals surface area contributed by atoms with Gasteiger partial charge in [-0.1, -0.05) is 61.5 Å². The molecule has 2 heterocycles. The van der Waals surface area contributed by atoms with E-state index in [9.17, 15) is 23.1 Å². The van der Waals surface area contributed by atoms with Crippen LogP contribution < -0.4 is 5.32 Å². The number of carbonyl (C=O) groups is 2. The average molecular weight is 713 g/mol. The molecule has 1 saturated heterocycles. The van der Waals surface area contributed by atoms with Gasteiger partial charge in [-0.2, -0.15) is 4.31 Å². The standard InChI is InChI=1S/C35H48N6O6S2/c1-25(2)21-40(49(45,46)30-14-12-28(13-15-30)20-36-47-6)23-32(42)31(18-27-10-8-7-9-11-27)38-33(43)19-35(4,5)41-17-16-39(34(41)44)22-29-24-48-26(3)37-29/h7-15,20,24-25,31-32,42H,16-19,21-23H2,1-6H3,(H,38,43)/t31-,32+/m0/s1. The number of nitrogens with one attached hydrogen (secondary N) is 1. The minimum atomic E-state index is -4.00. The molecule has 0 aliphatic carbocycles. The maximum atomic E-state index is 13.9. The Morgan fingerprint density at radius 3 is 2.45 bits per heavy atom. The molecule has 0 unspecified atom stereocenters. The van der Waals surface area contributed by atoms with Crippen molar-refractivity contribution in [2.24, 2.45) is 11.1 Å². The summed E-state index contributed by atoms with van der Waals surface area (Å²) in [4.78, 5) is 39.7. The molecule has 0 bridgehead atoms. The fourth-order valence-electron chi connectivity index (χ4n) is 5.87. The Labute approximate surface area is 293 Å². The Bertz CT molecular complexity index is 1680. The van der Waals surface area contributed by atoms with Crippen LogP contribution in [-0.4, -0.2) is 102 Å². The first kappa shape index (κ1) is 38.0. The Balaban J connectivity index is 1.49. The number of aromatic nitrogens is 1. The number of carbonyl (C=O) groups excluding carboxylic acids is 2. The van der Waals surface area contributed by atoms with E-state index in [0.717, 1.165) is 16.3 Å². The van der Waals surface area contributed by atoms with Crippen molar-refractivity contribution in [1.82, 2.24) is 24.4 Å². The number of aryl methyl sites for hydroxylation is 1. The highest BCUT2D eigenvalue weighted by molar-refractivity contribution is 7.89. The second-order valence-corrected chi connectivity index (χ2v) is 16.3. The van der Waals surface area contributed by atoms with E-state index in [1.54, 1.807) is 33.3 Å². The van der Waals surface area contributed by atoms with Crippen molar-refractivity contribution in [3.8, 4) is 0 Å². The van der Waals surface area contributed by atoms with Gasteiger partial charge >= 0.3 is 6.03 Å². The fraction of sp³-hybridized carbons (Fsp3) is 0.486. The van der Waals surface area contributed by atoms with Gasteiger partial charge in [-0.25, -0.2) is 18.2 Å². The predicted octanol–water partition coefficient (Wildman–Crippen LogP) is 4.27. The summed E-state index contributed by atoms with van der Waals surface area (Å²) in [5, 5.41) is 21.3. The lowest BCUT2D eigenvalue weighted by Crippen LogP contribution is -2.54. The molecule has 266 valence electrons. The molecule has 49 heavy (non-hydrogen) atoms. The monoisotopic (exact) mass is 712 g/mol. The summed E-state index contributed by atoms with van der Waals surface area (Å²) >= 11 is 1.54. The Kier molecular flexibility index (Phi) is 12.9. The molecule has 12 nitrogen and oxygen atoms in total. The van der Waals surface area contributed by atoms with Crippen LogP contribution in [0.3, 0.4) is 0 Å². The summed E-state index contributed by atoms with van der Waals surface area (Å²) in [6.45, 7) is 10.8. The van der Waals surface area contributed by atoms with E-state index in [0.29, 0.717) is 25.2 Å². The highest BCUT2D eigenvalue weighted by Crippen LogP contribution is 2.26. The number of hydrogen-bond acceptors (Lipinski definition) is 9. The molecular formula is C35H48N6O6S2. The first-order chi connectivity index (χ1) is 23.2. The van der Waals surface area contributed by atoms with E-state index in [1.807, 2.05) is 70.3 Å². The summed E-state index contributed by atoms with van der Waals surface area (Å²) < 4.78 is 29.0. The van der Waals surface area contributed by atoms with Gasteiger partial charge in [0.25, 0.3) is 0 Å². The molecular weight excluding hydrogens is 665 g/mol. The van der Waals surface area contributed by atoms with Crippen molar-refractivity contribution in [2.45, 2.75) is 76.6 Å². The first-order valence-corrected chi connectivity index (χ1v) is 18.7.